The lowest BCUT2D eigenvalue weighted by atomic mass is 9.88. The van der Waals surface area contributed by atoms with Crippen LogP contribution in [-0.2, 0) is 10.3 Å². The molecule has 5 rings (SSSR count). The van der Waals surface area contributed by atoms with Gasteiger partial charge in [-0.25, -0.2) is 9.67 Å². The SMILES string of the molecule is C=C/C=C(\C=C/C)C(C)(C(=O)N1CCN(C)CC1)n1ncc2c1nc(N)n1nc(-c3ccco3)nc21. The highest BCUT2D eigenvalue weighted by Crippen LogP contribution is 2.34. The zero-order valence-electron chi connectivity index (χ0n) is 20.6. The van der Waals surface area contributed by atoms with Crippen molar-refractivity contribution in [3.63, 3.8) is 0 Å². The molecular weight excluding hydrogens is 458 g/mol. The summed E-state index contributed by atoms with van der Waals surface area (Å²) in [5.41, 5.74) is 6.75. The first-order valence-electron chi connectivity index (χ1n) is 11.8. The molecule has 1 aliphatic rings. The van der Waals surface area contributed by atoms with Crippen LogP contribution in [0.1, 0.15) is 13.8 Å². The van der Waals surface area contributed by atoms with Crippen molar-refractivity contribution in [2.75, 3.05) is 39.0 Å². The summed E-state index contributed by atoms with van der Waals surface area (Å²) in [4.78, 5) is 27.5. The number of nitrogens with zero attached hydrogens (tertiary/aromatic N) is 8. The van der Waals surface area contributed by atoms with E-state index in [2.05, 4.69) is 38.7 Å². The molecule has 11 nitrogen and oxygen atoms in total. The molecule has 1 amide bonds. The number of nitrogen functional groups attached to an aromatic ring is 1. The lowest BCUT2D eigenvalue weighted by Gasteiger charge is -2.39. The van der Waals surface area contributed by atoms with Crippen LogP contribution in [0.15, 0.2) is 65.5 Å². The number of fused-ring (bicyclic) bond motifs is 3. The first-order valence-corrected chi connectivity index (χ1v) is 11.8. The van der Waals surface area contributed by atoms with Crippen molar-refractivity contribution >= 4 is 28.5 Å². The number of piperazine rings is 1. The van der Waals surface area contributed by atoms with Gasteiger partial charge in [0.15, 0.2) is 22.6 Å². The van der Waals surface area contributed by atoms with Gasteiger partial charge in [0.25, 0.3) is 5.91 Å². The van der Waals surface area contributed by atoms with Gasteiger partial charge < -0.3 is 20.0 Å². The maximum Gasteiger partial charge on any atom is 0.255 e. The second-order valence-electron chi connectivity index (χ2n) is 8.94. The van der Waals surface area contributed by atoms with E-state index in [-0.39, 0.29) is 11.9 Å². The van der Waals surface area contributed by atoms with Crippen molar-refractivity contribution in [1.82, 2.24) is 39.2 Å². The Morgan fingerprint density at radius 1 is 1.22 bits per heavy atom. The summed E-state index contributed by atoms with van der Waals surface area (Å²) in [5, 5.41) is 9.75. The predicted octanol–water partition coefficient (Wildman–Crippen LogP) is 2.49. The molecule has 0 bridgehead atoms. The highest BCUT2D eigenvalue weighted by molar-refractivity contribution is 5.94. The number of allylic oxidation sites excluding steroid dienone is 4. The molecule has 0 spiro atoms. The molecule has 1 atom stereocenters. The van der Waals surface area contributed by atoms with Gasteiger partial charge in [0.1, 0.15) is 0 Å². The van der Waals surface area contributed by atoms with Gasteiger partial charge >= 0.3 is 0 Å². The Morgan fingerprint density at radius 2 is 2.00 bits per heavy atom. The first kappa shape index (κ1) is 23.5. The zero-order valence-corrected chi connectivity index (χ0v) is 20.6. The van der Waals surface area contributed by atoms with Gasteiger partial charge in [-0.3, -0.25) is 4.79 Å². The highest BCUT2D eigenvalue weighted by Gasteiger charge is 2.44. The third-order valence-electron chi connectivity index (χ3n) is 6.61. The Kier molecular flexibility index (Phi) is 5.92. The molecule has 4 aromatic heterocycles. The minimum Gasteiger partial charge on any atom is -0.461 e. The maximum atomic E-state index is 14.2. The number of hydrogen-bond acceptors (Lipinski definition) is 8. The van der Waals surface area contributed by atoms with E-state index in [0.29, 0.717) is 41.4 Å². The second-order valence-corrected chi connectivity index (χ2v) is 8.94. The fourth-order valence-electron chi connectivity index (χ4n) is 4.59. The van der Waals surface area contributed by atoms with Gasteiger partial charge in [-0.05, 0) is 38.6 Å². The van der Waals surface area contributed by atoms with E-state index >= 15 is 0 Å². The minimum atomic E-state index is -1.21. The van der Waals surface area contributed by atoms with Gasteiger partial charge in [0.2, 0.25) is 11.8 Å². The molecule has 11 heteroatoms. The number of furan rings is 1. The fourth-order valence-corrected chi connectivity index (χ4v) is 4.59. The van der Waals surface area contributed by atoms with Crippen LogP contribution < -0.4 is 5.73 Å². The molecule has 0 saturated carbocycles. The summed E-state index contributed by atoms with van der Waals surface area (Å²) < 4.78 is 8.54. The van der Waals surface area contributed by atoms with Crippen LogP contribution in [0.3, 0.4) is 0 Å². The molecule has 36 heavy (non-hydrogen) atoms. The topological polar surface area (TPSA) is 124 Å². The third-order valence-corrected chi connectivity index (χ3v) is 6.61. The summed E-state index contributed by atoms with van der Waals surface area (Å²) in [6.07, 6.45) is 10.5. The number of carbonyl (C=O) groups is 1. The minimum absolute atomic E-state index is 0.0789. The largest absolute Gasteiger partial charge is 0.461 e. The molecule has 1 unspecified atom stereocenters. The van der Waals surface area contributed by atoms with E-state index in [1.54, 1.807) is 35.4 Å². The molecule has 4 aromatic rings. The van der Waals surface area contributed by atoms with Gasteiger partial charge in [0.05, 0.1) is 17.8 Å². The van der Waals surface area contributed by atoms with E-state index in [1.807, 2.05) is 37.0 Å². The van der Waals surface area contributed by atoms with Crippen molar-refractivity contribution in [3.8, 4) is 11.6 Å². The van der Waals surface area contributed by atoms with Crippen LogP contribution in [0.2, 0.25) is 0 Å². The van der Waals surface area contributed by atoms with E-state index in [4.69, 9.17) is 10.2 Å². The Balaban J connectivity index is 1.72. The average molecular weight is 488 g/mol. The number of carbonyl (C=O) groups excluding carboxylic acids is 1. The summed E-state index contributed by atoms with van der Waals surface area (Å²) in [6, 6.07) is 3.54. The molecule has 1 saturated heterocycles. The van der Waals surface area contributed by atoms with Crippen molar-refractivity contribution < 1.29 is 9.21 Å². The molecule has 1 fully saturated rings. The number of hydrogen-bond donors (Lipinski definition) is 1. The van der Waals surface area contributed by atoms with Gasteiger partial charge in [0, 0.05) is 26.2 Å². The van der Waals surface area contributed by atoms with Crippen LogP contribution in [0, 0.1) is 0 Å². The normalized spacial score (nSPS) is 17.3. The number of anilines is 1. The van der Waals surface area contributed by atoms with E-state index in [9.17, 15) is 4.79 Å². The van der Waals surface area contributed by atoms with Crippen molar-refractivity contribution in [2.24, 2.45) is 0 Å². The summed E-state index contributed by atoms with van der Waals surface area (Å²) >= 11 is 0. The number of amides is 1. The lowest BCUT2D eigenvalue weighted by Crippen LogP contribution is -2.55. The maximum absolute atomic E-state index is 14.2. The molecule has 0 radical (unpaired) electrons. The Hall–Kier alpha value is -4.25. The highest BCUT2D eigenvalue weighted by atomic mass is 16.3. The van der Waals surface area contributed by atoms with Crippen LogP contribution in [0.5, 0.6) is 0 Å². The standard InChI is InChI=1S/C25H29N9O2/c1-5-8-17(9-6-2)25(3,23(35)32-13-11-31(4)12-14-32)34-22-18(16-27-34)21-28-20(19-10-7-15-36-19)30-33(21)24(26)29-22/h5-10,15-16H,1,11-14H2,2-4H3,(H2,26,29)/b9-6-,17-8+. The average Bonchev–Trinajstić information content (AvgIpc) is 3.63. The van der Waals surface area contributed by atoms with Gasteiger partial charge in [-0.1, -0.05) is 30.9 Å². The number of likely N-dealkylation sites (N-methyl/N-ethyl adjacent to an activating group) is 1. The third kappa shape index (κ3) is 3.68. The molecule has 186 valence electrons. The molecule has 0 aliphatic carbocycles. The number of rotatable bonds is 6. The first-order chi connectivity index (χ1) is 17.4. The second kappa shape index (κ2) is 9.08. The molecular formula is C25H29N9O2. The lowest BCUT2D eigenvalue weighted by molar-refractivity contribution is -0.140. The monoisotopic (exact) mass is 487 g/mol. The summed E-state index contributed by atoms with van der Waals surface area (Å²) in [5.74, 6) is 0.938. The predicted molar refractivity (Wildman–Crippen MR) is 137 cm³/mol. The summed E-state index contributed by atoms with van der Waals surface area (Å²) in [6.45, 7) is 10.5. The van der Waals surface area contributed by atoms with Gasteiger partial charge in [-0.15, -0.1) is 5.10 Å². The molecule has 5 heterocycles. The van der Waals surface area contributed by atoms with Crippen LogP contribution >= 0.6 is 0 Å². The summed E-state index contributed by atoms with van der Waals surface area (Å²) in [7, 11) is 2.05. The molecule has 1 aliphatic heterocycles. The van der Waals surface area contributed by atoms with E-state index < -0.39 is 5.54 Å². The van der Waals surface area contributed by atoms with Crippen molar-refractivity contribution in [2.45, 2.75) is 19.4 Å². The molecule has 2 N–H and O–H groups in total. The molecule has 0 aromatic carbocycles. The van der Waals surface area contributed by atoms with Gasteiger partial charge in [-0.2, -0.15) is 14.6 Å². The van der Waals surface area contributed by atoms with Crippen LogP contribution in [0.25, 0.3) is 28.3 Å². The van der Waals surface area contributed by atoms with E-state index in [1.165, 1.54) is 4.52 Å². The Bertz CT molecular complexity index is 1490. The quantitative estimate of drug-likeness (QED) is 0.412. The number of nitrogens with two attached hydrogens (primary N) is 1. The van der Waals surface area contributed by atoms with E-state index in [0.717, 1.165) is 18.7 Å². The van der Waals surface area contributed by atoms with Crippen LogP contribution in [-0.4, -0.2) is 78.3 Å². The fraction of sp³-hybridized carbons (Fsp3) is 0.320. The smallest absolute Gasteiger partial charge is 0.255 e. The Labute approximate surface area is 208 Å². The van der Waals surface area contributed by atoms with Crippen LogP contribution in [0.4, 0.5) is 5.95 Å². The Morgan fingerprint density at radius 3 is 2.67 bits per heavy atom. The zero-order chi connectivity index (χ0) is 25.4. The van der Waals surface area contributed by atoms with Crippen molar-refractivity contribution in [3.05, 3.63) is 61.0 Å². The van der Waals surface area contributed by atoms with Crippen molar-refractivity contribution in [1.29, 1.82) is 0 Å². The number of aromatic nitrogens is 6.